The van der Waals surface area contributed by atoms with E-state index >= 15 is 0 Å². The van der Waals surface area contributed by atoms with Gasteiger partial charge in [0.05, 0.1) is 10.3 Å². The maximum absolute atomic E-state index is 12.4. The molecule has 0 bridgehead atoms. The molecule has 0 aliphatic carbocycles. The Morgan fingerprint density at radius 2 is 1.60 bits per heavy atom. The molecule has 0 saturated heterocycles. The Morgan fingerprint density at radius 3 is 1.95 bits per heavy atom. The molecule has 0 fully saturated rings. The van der Waals surface area contributed by atoms with Crippen molar-refractivity contribution in [3.05, 3.63) is 24.3 Å². The highest BCUT2D eigenvalue weighted by molar-refractivity contribution is 7.92. The zero-order valence-corrected chi connectivity index (χ0v) is 12.7. The maximum Gasteiger partial charge on any atom is 0.501 e. The van der Waals surface area contributed by atoms with E-state index in [0.29, 0.717) is 5.69 Å². The molecule has 0 spiro atoms. The average Bonchev–Trinajstić information content (AvgIpc) is 2.27. The van der Waals surface area contributed by atoms with Gasteiger partial charge in [-0.05, 0) is 45.0 Å². The van der Waals surface area contributed by atoms with Crippen LogP contribution in [0, 0.1) is 0 Å². The van der Waals surface area contributed by atoms with E-state index in [1.54, 1.807) is 6.92 Å². The summed E-state index contributed by atoms with van der Waals surface area (Å²) in [5.41, 5.74) is -5.30. The Kier molecular flexibility index (Phi) is 4.65. The molecule has 20 heavy (non-hydrogen) atoms. The molecule has 0 radical (unpaired) electrons. The van der Waals surface area contributed by atoms with Crippen LogP contribution < -0.4 is 5.32 Å². The van der Waals surface area contributed by atoms with Crippen molar-refractivity contribution >= 4 is 27.1 Å². The third kappa shape index (κ3) is 3.58. The molecule has 0 aliphatic heterocycles. The molecule has 1 aromatic rings. The van der Waals surface area contributed by atoms with Crippen LogP contribution in [-0.2, 0) is 9.84 Å². The van der Waals surface area contributed by atoms with Crippen LogP contribution >= 0.6 is 11.6 Å². The summed E-state index contributed by atoms with van der Waals surface area (Å²) in [5, 5.41) is 2.79. The molecule has 1 atom stereocenters. The Morgan fingerprint density at radius 1 is 1.15 bits per heavy atom. The van der Waals surface area contributed by atoms with Crippen LogP contribution in [0.5, 0.6) is 0 Å². The standard InChI is InChI=1S/C12H15ClF3NO2S/c1-8(13)11(2,3)17-9-4-6-10(7-5-9)20(18,19)12(14,15)16/h4-8,17H,1-3H3. The first kappa shape index (κ1) is 17.1. The van der Waals surface area contributed by atoms with Gasteiger partial charge in [-0.25, -0.2) is 8.42 Å². The zero-order chi connectivity index (χ0) is 15.8. The summed E-state index contributed by atoms with van der Waals surface area (Å²) in [6, 6.07) is 4.39. The third-order valence-electron chi connectivity index (χ3n) is 2.93. The van der Waals surface area contributed by atoms with Crippen molar-refractivity contribution in [2.45, 2.75) is 42.1 Å². The van der Waals surface area contributed by atoms with Gasteiger partial charge in [-0.2, -0.15) is 13.2 Å². The highest BCUT2D eigenvalue weighted by atomic mass is 35.5. The van der Waals surface area contributed by atoms with E-state index < -0.39 is 25.8 Å². The molecule has 0 heterocycles. The van der Waals surface area contributed by atoms with Gasteiger partial charge in [0.25, 0.3) is 9.84 Å². The first-order chi connectivity index (χ1) is 8.88. The van der Waals surface area contributed by atoms with Crippen molar-refractivity contribution in [3.63, 3.8) is 0 Å². The molecule has 1 aromatic carbocycles. The number of rotatable bonds is 4. The lowest BCUT2D eigenvalue weighted by Crippen LogP contribution is -2.38. The molecule has 114 valence electrons. The topological polar surface area (TPSA) is 46.2 Å². The van der Waals surface area contributed by atoms with Crippen LogP contribution in [0.1, 0.15) is 20.8 Å². The Balaban J connectivity index is 3.02. The van der Waals surface area contributed by atoms with Crippen LogP contribution in [0.15, 0.2) is 29.2 Å². The lowest BCUT2D eigenvalue weighted by atomic mass is 10.0. The van der Waals surface area contributed by atoms with Gasteiger partial charge in [-0.1, -0.05) is 0 Å². The molecule has 0 amide bonds. The number of alkyl halides is 4. The van der Waals surface area contributed by atoms with Gasteiger partial charge >= 0.3 is 5.51 Å². The summed E-state index contributed by atoms with van der Waals surface area (Å²) in [7, 11) is -5.31. The molecule has 3 nitrogen and oxygen atoms in total. The quantitative estimate of drug-likeness (QED) is 0.855. The van der Waals surface area contributed by atoms with Crippen molar-refractivity contribution in [2.75, 3.05) is 5.32 Å². The maximum atomic E-state index is 12.4. The second-order valence-electron chi connectivity index (χ2n) is 4.94. The van der Waals surface area contributed by atoms with Gasteiger partial charge in [-0.15, -0.1) is 11.6 Å². The molecule has 0 saturated carbocycles. The first-order valence-electron chi connectivity index (χ1n) is 5.71. The van der Waals surface area contributed by atoms with E-state index in [2.05, 4.69) is 5.32 Å². The lowest BCUT2D eigenvalue weighted by molar-refractivity contribution is -0.0436. The smallest absolute Gasteiger partial charge is 0.379 e. The number of sulfone groups is 1. The van der Waals surface area contributed by atoms with E-state index in [0.717, 1.165) is 12.1 Å². The fourth-order valence-electron chi connectivity index (χ4n) is 1.32. The second kappa shape index (κ2) is 5.44. The monoisotopic (exact) mass is 329 g/mol. The van der Waals surface area contributed by atoms with E-state index in [-0.39, 0.29) is 5.38 Å². The number of halogens is 4. The minimum Gasteiger partial charge on any atom is -0.379 e. The van der Waals surface area contributed by atoms with Gasteiger partial charge < -0.3 is 5.32 Å². The minimum atomic E-state index is -5.31. The van der Waals surface area contributed by atoms with Crippen molar-refractivity contribution in [2.24, 2.45) is 0 Å². The van der Waals surface area contributed by atoms with Gasteiger partial charge in [0, 0.05) is 11.2 Å². The van der Waals surface area contributed by atoms with E-state index in [1.165, 1.54) is 12.1 Å². The lowest BCUT2D eigenvalue weighted by Gasteiger charge is -2.30. The number of nitrogens with one attached hydrogen (secondary N) is 1. The summed E-state index contributed by atoms with van der Waals surface area (Å²) in [6.07, 6.45) is 0. The van der Waals surface area contributed by atoms with Crippen LogP contribution in [0.3, 0.4) is 0 Å². The SMILES string of the molecule is CC(Cl)C(C)(C)Nc1ccc(S(=O)(=O)C(F)(F)F)cc1. The molecule has 0 aromatic heterocycles. The summed E-state index contributed by atoms with van der Waals surface area (Å²) in [6.45, 7) is 5.42. The van der Waals surface area contributed by atoms with Crippen LogP contribution in [0.25, 0.3) is 0 Å². The normalized spacial score (nSPS) is 14.9. The van der Waals surface area contributed by atoms with E-state index in [1.807, 2.05) is 13.8 Å². The van der Waals surface area contributed by atoms with E-state index in [9.17, 15) is 21.6 Å². The van der Waals surface area contributed by atoms with Crippen molar-refractivity contribution in [3.8, 4) is 0 Å². The van der Waals surface area contributed by atoms with Crippen molar-refractivity contribution < 1.29 is 21.6 Å². The minimum absolute atomic E-state index is 0.235. The van der Waals surface area contributed by atoms with Crippen LogP contribution in [-0.4, -0.2) is 24.8 Å². The molecule has 1 rings (SSSR count). The number of benzene rings is 1. The summed E-state index contributed by atoms with van der Waals surface area (Å²) in [4.78, 5) is -0.785. The summed E-state index contributed by atoms with van der Waals surface area (Å²) in [5.74, 6) is 0. The zero-order valence-electron chi connectivity index (χ0n) is 11.1. The molecule has 1 N–H and O–H groups in total. The predicted octanol–water partition coefficient (Wildman–Crippen LogP) is 3.80. The van der Waals surface area contributed by atoms with Gasteiger partial charge in [0.2, 0.25) is 0 Å². The van der Waals surface area contributed by atoms with Gasteiger partial charge in [0.15, 0.2) is 0 Å². The highest BCUT2D eigenvalue weighted by Crippen LogP contribution is 2.31. The fraction of sp³-hybridized carbons (Fsp3) is 0.500. The predicted molar refractivity (Wildman–Crippen MR) is 72.7 cm³/mol. The number of hydrogen-bond acceptors (Lipinski definition) is 3. The summed E-state index contributed by atoms with van der Waals surface area (Å²) >= 11 is 5.98. The van der Waals surface area contributed by atoms with Gasteiger partial charge in [0.1, 0.15) is 0 Å². The molecule has 8 heteroatoms. The first-order valence-corrected chi connectivity index (χ1v) is 7.63. The third-order valence-corrected chi connectivity index (χ3v) is 4.98. The average molecular weight is 330 g/mol. The fourth-order valence-corrected chi connectivity index (χ4v) is 2.14. The van der Waals surface area contributed by atoms with Crippen molar-refractivity contribution in [1.29, 1.82) is 0 Å². The molecule has 0 aliphatic rings. The highest BCUT2D eigenvalue weighted by Gasteiger charge is 2.46. The molecular formula is C12H15ClF3NO2S. The molecule has 1 unspecified atom stereocenters. The second-order valence-corrected chi connectivity index (χ2v) is 7.53. The van der Waals surface area contributed by atoms with Crippen LogP contribution in [0.4, 0.5) is 18.9 Å². The Hall–Kier alpha value is -0.950. The largest absolute Gasteiger partial charge is 0.501 e. The van der Waals surface area contributed by atoms with Gasteiger partial charge in [-0.3, -0.25) is 0 Å². The Labute approximate surface area is 121 Å². The number of hydrogen-bond donors (Lipinski definition) is 1. The summed E-state index contributed by atoms with van der Waals surface area (Å²) < 4.78 is 59.5. The molecular weight excluding hydrogens is 315 g/mol. The van der Waals surface area contributed by atoms with E-state index in [4.69, 9.17) is 11.6 Å². The number of anilines is 1. The Bertz CT molecular complexity index is 565. The van der Waals surface area contributed by atoms with Crippen molar-refractivity contribution in [1.82, 2.24) is 0 Å². The van der Waals surface area contributed by atoms with Crippen LogP contribution in [0.2, 0.25) is 0 Å².